The topological polar surface area (TPSA) is 17.1 Å². The molecule has 0 radical (unpaired) electrons. The van der Waals surface area contributed by atoms with Crippen LogP contribution in [-0.4, -0.2) is 5.78 Å². The molecule has 0 unspecified atom stereocenters. The van der Waals surface area contributed by atoms with Crippen LogP contribution in [0.2, 0.25) is 0 Å². The number of carbonyl (C=O) groups excluding carboxylic acids is 1. The van der Waals surface area contributed by atoms with Crippen LogP contribution in [0.15, 0.2) is 10.1 Å². The van der Waals surface area contributed by atoms with Crippen LogP contribution >= 0.6 is 23.2 Å². The molecule has 0 aliphatic heterocycles. The van der Waals surface area contributed by atoms with Gasteiger partial charge in [0.2, 0.25) is 0 Å². The highest BCUT2D eigenvalue weighted by Gasteiger charge is 2.65. The fourth-order valence-electron chi connectivity index (χ4n) is 2.54. The third-order valence-electron chi connectivity index (χ3n) is 3.13. The number of allylic oxidation sites excluding steroid dienone is 2. The lowest BCUT2D eigenvalue weighted by Crippen LogP contribution is -2.11. The molecule has 2 saturated carbocycles. The van der Waals surface area contributed by atoms with Crippen molar-refractivity contribution in [2.75, 3.05) is 0 Å². The SMILES string of the molecule is O=C1[C@H]2C(Cl)=C(Cl)[C@@H]1[C@@H]1C[C@H]21. The van der Waals surface area contributed by atoms with Crippen LogP contribution in [0.4, 0.5) is 0 Å². The van der Waals surface area contributed by atoms with Crippen molar-refractivity contribution in [2.24, 2.45) is 23.7 Å². The first-order valence-electron chi connectivity index (χ1n) is 3.80. The summed E-state index contributed by atoms with van der Waals surface area (Å²) in [7, 11) is 0. The van der Waals surface area contributed by atoms with Gasteiger partial charge in [-0.2, -0.15) is 0 Å². The van der Waals surface area contributed by atoms with Gasteiger partial charge in [-0.1, -0.05) is 23.2 Å². The molecule has 58 valence electrons. The molecule has 0 spiro atoms. The van der Waals surface area contributed by atoms with E-state index in [1.165, 1.54) is 0 Å². The minimum atomic E-state index is -0.000772. The highest BCUT2D eigenvalue weighted by molar-refractivity contribution is 6.43. The minimum absolute atomic E-state index is 0.000772. The van der Waals surface area contributed by atoms with Gasteiger partial charge in [-0.15, -0.1) is 0 Å². The molecule has 0 aromatic heterocycles. The molecule has 0 amide bonds. The smallest absolute Gasteiger partial charge is 0.150 e. The lowest BCUT2D eigenvalue weighted by Gasteiger charge is -2.05. The molecular formula is C8H6Cl2O. The fraction of sp³-hybridized carbons (Fsp3) is 0.625. The molecule has 0 saturated heterocycles. The summed E-state index contributed by atoms with van der Waals surface area (Å²) in [5.74, 6) is 1.39. The van der Waals surface area contributed by atoms with E-state index in [1.807, 2.05) is 0 Å². The summed E-state index contributed by atoms with van der Waals surface area (Å²) < 4.78 is 0. The molecule has 0 heterocycles. The summed E-state index contributed by atoms with van der Waals surface area (Å²) in [5, 5.41) is 1.28. The van der Waals surface area contributed by atoms with Gasteiger partial charge in [0.15, 0.2) is 0 Å². The monoisotopic (exact) mass is 188 g/mol. The molecule has 3 aliphatic rings. The summed E-state index contributed by atoms with van der Waals surface area (Å²) in [6, 6.07) is 0. The van der Waals surface area contributed by atoms with Crippen LogP contribution in [0.5, 0.6) is 0 Å². The Balaban J connectivity index is 2.17. The molecule has 0 aromatic rings. The van der Waals surface area contributed by atoms with E-state index >= 15 is 0 Å². The molecule has 0 N–H and O–H groups in total. The normalized spacial score (nSPS) is 52.0. The molecule has 2 bridgehead atoms. The number of fused-ring (bicyclic) bond motifs is 5. The number of ketones is 1. The van der Waals surface area contributed by atoms with Gasteiger partial charge in [0.25, 0.3) is 0 Å². The lowest BCUT2D eigenvalue weighted by atomic mass is 10.1. The van der Waals surface area contributed by atoms with E-state index in [-0.39, 0.29) is 17.6 Å². The summed E-state index contributed by atoms with van der Waals surface area (Å²) in [6.07, 6.45) is 1.16. The van der Waals surface area contributed by atoms with Gasteiger partial charge in [0.1, 0.15) is 5.78 Å². The van der Waals surface area contributed by atoms with E-state index in [9.17, 15) is 4.79 Å². The first-order chi connectivity index (χ1) is 5.22. The predicted octanol–water partition coefficient (Wildman–Crippen LogP) is 2.14. The van der Waals surface area contributed by atoms with Crippen LogP contribution in [-0.2, 0) is 4.79 Å². The summed E-state index contributed by atoms with van der Waals surface area (Å²) in [4.78, 5) is 11.4. The predicted molar refractivity (Wildman–Crippen MR) is 42.3 cm³/mol. The number of hydrogen-bond acceptors (Lipinski definition) is 1. The van der Waals surface area contributed by atoms with Gasteiger partial charge >= 0.3 is 0 Å². The van der Waals surface area contributed by atoms with Crippen molar-refractivity contribution in [1.82, 2.24) is 0 Å². The zero-order valence-electron chi connectivity index (χ0n) is 5.68. The van der Waals surface area contributed by atoms with Gasteiger partial charge in [-0.05, 0) is 18.3 Å². The van der Waals surface area contributed by atoms with Crippen molar-refractivity contribution >= 4 is 29.0 Å². The van der Waals surface area contributed by atoms with Gasteiger partial charge in [-0.25, -0.2) is 0 Å². The van der Waals surface area contributed by atoms with Crippen molar-refractivity contribution in [3.63, 3.8) is 0 Å². The van der Waals surface area contributed by atoms with E-state index in [1.54, 1.807) is 0 Å². The number of carbonyl (C=O) groups is 1. The van der Waals surface area contributed by atoms with Crippen LogP contribution in [0.25, 0.3) is 0 Å². The second kappa shape index (κ2) is 1.67. The summed E-state index contributed by atoms with van der Waals surface area (Å²) in [5.41, 5.74) is 0. The number of hydrogen-bond donors (Lipinski definition) is 0. The maximum atomic E-state index is 11.4. The Bertz CT molecular complexity index is 268. The Labute approximate surface area is 74.4 Å². The number of Topliss-reactive ketones (excluding diaryl/α,β-unsaturated/α-hetero) is 1. The zero-order valence-corrected chi connectivity index (χ0v) is 7.19. The molecule has 4 atom stereocenters. The van der Waals surface area contributed by atoms with E-state index in [0.29, 0.717) is 21.9 Å². The van der Waals surface area contributed by atoms with Crippen molar-refractivity contribution in [2.45, 2.75) is 6.42 Å². The van der Waals surface area contributed by atoms with Gasteiger partial charge in [0, 0.05) is 10.1 Å². The number of halogens is 2. The molecule has 11 heavy (non-hydrogen) atoms. The summed E-state index contributed by atoms with van der Waals surface area (Å²) >= 11 is 11.8. The fourth-order valence-corrected chi connectivity index (χ4v) is 3.31. The maximum Gasteiger partial charge on any atom is 0.150 e. The standard InChI is InChI=1S/C8H6Cl2O/c9-6-4-2-1-3(2)5(7(6)10)8(4)11/h2-5H,1H2/t2-,3+,4+,5-. The van der Waals surface area contributed by atoms with Crippen LogP contribution in [0.3, 0.4) is 0 Å². The van der Waals surface area contributed by atoms with Crippen LogP contribution < -0.4 is 0 Å². The Kier molecular flexibility index (Phi) is 0.987. The van der Waals surface area contributed by atoms with Gasteiger partial charge in [-0.3, -0.25) is 4.79 Å². The quantitative estimate of drug-likeness (QED) is 0.570. The highest BCUT2D eigenvalue weighted by atomic mass is 35.5. The third kappa shape index (κ3) is 0.552. The second-order valence-corrected chi connectivity index (χ2v) is 4.43. The average Bonchev–Trinajstić information content (AvgIpc) is 2.60. The van der Waals surface area contributed by atoms with Crippen molar-refractivity contribution in [3.05, 3.63) is 10.1 Å². The molecule has 2 fully saturated rings. The Morgan fingerprint density at radius 1 is 1.09 bits per heavy atom. The van der Waals surface area contributed by atoms with E-state index < -0.39 is 0 Å². The second-order valence-electron chi connectivity index (χ2n) is 3.62. The van der Waals surface area contributed by atoms with Crippen molar-refractivity contribution < 1.29 is 4.79 Å². The molecule has 1 nitrogen and oxygen atoms in total. The van der Waals surface area contributed by atoms with Gasteiger partial charge < -0.3 is 0 Å². The summed E-state index contributed by atoms with van der Waals surface area (Å²) in [6.45, 7) is 0. The Morgan fingerprint density at radius 2 is 1.55 bits per heavy atom. The van der Waals surface area contributed by atoms with Crippen LogP contribution in [0, 0.1) is 23.7 Å². The van der Waals surface area contributed by atoms with Gasteiger partial charge in [0.05, 0.1) is 11.8 Å². The van der Waals surface area contributed by atoms with Crippen LogP contribution in [0.1, 0.15) is 6.42 Å². The molecule has 3 aliphatic carbocycles. The molecule has 3 rings (SSSR count). The first-order valence-corrected chi connectivity index (χ1v) is 4.56. The van der Waals surface area contributed by atoms with Crippen molar-refractivity contribution in [3.8, 4) is 0 Å². The lowest BCUT2D eigenvalue weighted by molar-refractivity contribution is -0.122. The van der Waals surface area contributed by atoms with Crippen molar-refractivity contribution in [1.29, 1.82) is 0 Å². The Morgan fingerprint density at radius 3 is 1.91 bits per heavy atom. The Hall–Kier alpha value is -0.0100. The number of rotatable bonds is 0. The largest absolute Gasteiger partial charge is 0.298 e. The maximum absolute atomic E-state index is 11.4. The third-order valence-corrected chi connectivity index (χ3v) is 4.11. The first kappa shape index (κ1) is 6.50. The highest BCUT2D eigenvalue weighted by Crippen LogP contribution is 2.66. The molecule has 3 heteroatoms. The average molecular weight is 189 g/mol. The minimum Gasteiger partial charge on any atom is -0.298 e. The molecule has 0 aromatic carbocycles. The van der Waals surface area contributed by atoms with E-state index in [4.69, 9.17) is 23.2 Å². The zero-order chi connectivity index (χ0) is 7.75. The van der Waals surface area contributed by atoms with E-state index in [2.05, 4.69) is 0 Å². The van der Waals surface area contributed by atoms with E-state index in [0.717, 1.165) is 6.42 Å². The molecular weight excluding hydrogens is 183 g/mol.